The highest BCUT2D eigenvalue weighted by Gasteiger charge is 2.18. The van der Waals surface area contributed by atoms with Gasteiger partial charge in [0.1, 0.15) is 18.0 Å². The Morgan fingerprint density at radius 2 is 1.82 bits per heavy atom. The fourth-order valence-electron chi connectivity index (χ4n) is 3.13. The average Bonchev–Trinajstić information content (AvgIpc) is 3.34. The van der Waals surface area contributed by atoms with Crippen molar-refractivity contribution in [1.82, 2.24) is 9.55 Å². The van der Waals surface area contributed by atoms with Gasteiger partial charge in [-0.25, -0.2) is 4.98 Å². The number of ether oxygens (including phenoxy) is 1. The van der Waals surface area contributed by atoms with Crippen LogP contribution in [0.2, 0.25) is 0 Å². The molecule has 0 atom stereocenters. The van der Waals surface area contributed by atoms with Gasteiger partial charge in [-0.1, -0.05) is 18.2 Å². The molecular formula is C24H21N5O4. The molecular weight excluding hydrogens is 422 g/mol. The first-order chi connectivity index (χ1) is 16.1. The summed E-state index contributed by atoms with van der Waals surface area (Å²) in [5, 5.41) is 17.3. The van der Waals surface area contributed by atoms with E-state index in [1.165, 1.54) is 12.1 Å². The molecule has 1 amide bonds. The molecule has 9 nitrogen and oxygen atoms in total. The van der Waals surface area contributed by atoms with Crippen LogP contribution >= 0.6 is 0 Å². The number of nitrogens with zero attached hydrogens (tertiary/aromatic N) is 3. The predicted molar refractivity (Wildman–Crippen MR) is 125 cm³/mol. The number of rotatable bonds is 9. The molecule has 4 rings (SSSR count). The minimum absolute atomic E-state index is 0.181. The second kappa shape index (κ2) is 10.1. The zero-order valence-corrected chi connectivity index (χ0v) is 17.5. The summed E-state index contributed by atoms with van der Waals surface area (Å²) in [5.41, 5.74) is 1.57. The number of hydrogen-bond donors (Lipinski definition) is 2. The van der Waals surface area contributed by atoms with E-state index in [0.29, 0.717) is 36.0 Å². The number of carbonyl (C=O) groups is 1. The average molecular weight is 443 g/mol. The molecule has 0 aliphatic rings. The van der Waals surface area contributed by atoms with Crippen molar-refractivity contribution < 1.29 is 14.5 Å². The summed E-state index contributed by atoms with van der Waals surface area (Å²) in [4.78, 5) is 27.7. The monoisotopic (exact) mass is 443 g/mol. The number of anilines is 3. The number of hydrogen-bond acceptors (Lipinski definition) is 6. The lowest BCUT2D eigenvalue weighted by Crippen LogP contribution is -2.12. The van der Waals surface area contributed by atoms with Gasteiger partial charge in [0.05, 0.1) is 17.8 Å². The SMILES string of the molecule is O=C(Nc1ccc(OCCn2ccnc2)cc1)c1ccc(Nc2ccccc2)c([N+](=O)[O-])c1. The van der Waals surface area contributed by atoms with E-state index in [1.807, 2.05) is 29.0 Å². The molecule has 166 valence electrons. The first-order valence-corrected chi connectivity index (χ1v) is 10.2. The van der Waals surface area contributed by atoms with Crippen LogP contribution in [0.25, 0.3) is 0 Å². The van der Waals surface area contributed by atoms with E-state index in [2.05, 4.69) is 15.6 Å². The standard InChI is InChI=1S/C24H21N5O4/c30-24(27-20-7-9-21(10-8-20)33-15-14-28-13-12-25-17-28)18-6-11-22(23(16-18)29(31)32)26-19-4-2-1-3-5-19/h1-13,16-17,26H,14-15H2,(H,27,30). The molecule has 0 radical (unpaired) electrons. The third-order valence-corrected chi connectivity index (χ3v) is 4.80. The van der Waals surface area contributed by atoms with Crippen molar-refractivity contribution >= 4 is 28.7 Å². The number of nitrogens with one attached hydrogen (secondary N) is 2. The number of para-hydroxylation sites is 1. The van der Waals surface area contributed by atoms with Crippen LogP contribution in [0.15, 0.2) is 91.5 Å². The summed E-state index contributed by atoms with van der Waals surface area (Å²) in [7, 11) is 0. The second-order valence-electron chi connectivity index (χ2n) is 7.11. The van der Waals surface area contributed by atoms with Crippen molar-refractivity contribution in [1.29, 1.82) is 0 Å². The van der Waals surface area contributed by atoms with E-state index < -0.39 is 10.8 Å². The summed E-state index contributed by atoms with van der Waals surface area (Å²) >= 11 is 0. The Balaban J connectivity index is 1.39. The third-order valence-electron chi connectivity index (χ3n) is 4.80. The van der Waals surface area contributed by atoms with Crippen LogP contribution in [0.4, 0.5) is 22.7 Å². The maximum absolute atomic E-state index is 12.7. The highest BCUT2D eigenvalue weighted by molar-refractivity contribution is 6.05. The van der Waals surface area contributed by atoms with Crippen LogP contribution in [-0.4, -0.2) is 27.0 Å². The van der Waals surface area contributed by atoms with Gasteiger partial charge in [0, 0.05) is 35.4 Å². The van der Waals surface area contributed by atoms with Crippen molar-refractivity contribution in [3.8, 4) is 5.75 Å². The van der Waals surface area contributed by atoms with Gasteiger partial charge in [0.15, 0.2) is 0 Å². The third kappa shape index (κ3) is 5.73. The zero-order chi connectivity index (χ0) is 23.0. The van der Waals surface area contributed by atoms with Gasteiger partial charge in [-0.15, -0.1) is 0 Å². The predicted octanol–water partition coefficient (Wildman–Crippen LogP) is 4.87. The van der Waals surface area contributed by atoms with Crippen LogP contribution < -0.4 is 15.4 Å². The molecule has 0 aliphatic heterocycles. The fraction of sp³-hybridized carbons (Fsp3) is 0.0833. The fourth-order valence-corrected chi connectivity index (χ4v) is 3.13. The van der Waals surface area contributed by atoms with E-state index in [0.717, 1.165) is 0 Å². The molecule has 9 heteroatoms. The lowest BCUT2D eigenvalue weighted by molar-refractivity contribution is -0.383. The van der Waals surface area contributed by atoms with Crippen LogP contribution in [-0.2, 0) is 6.54 Å². The molecule has 1 heterocycles. The van der Waals surface area contributed by atoms with Crippen LogP contribution in [0, 0.1) is 10.1 Å². The molecule has 2 N–H and O–H groups in total. The van der Waals surface area contributed by atoms with Crippen LogP contribution in [0.5, 0.6) is 5.75 Å². The number of carbonyl (C=O) groups excluding carboxylic acids is 1. The molecule has 3 aromatic carbocycles. The smallest absolute Gasteiger partial charge is 0.293 e. The van der Waals surface area contributed by atoms with Crippen LogP contribution in [0.1, 0.15) is 10.4 Å². The Labute approximate surface area is 189 Å². The Morgan fingerprint density at radius 3 is 2.52 bits per heavy atom. The highest BCUT2D eigenvalue weighted by atomic mass is 16.6. The Morgan fingerprint density at radius 1 is 1.03 bits per heavy atom. The molecule has 1 aromatic heterocycles. The molecule has 0 aliphatic carbocycles. The molecule has 0 spiro atoms. The molecule has 0 bridgehead atoms. The molecule has 0 saturated carbocycles. The number of amides is 1. The number of nitro groups is 1. The van der Waals surface area contributed by atoms with E-state index in [4.69, 9.17) is 4.74 Å². The Hall–Kier alpha value is -4.66. The lowest BCUT2D eigenvalue weighted by Gasteiger charge is -2.10. The summed E-state index contributed by atoms with van der Waals surface area (Å²) in [6.45, 7) is 1.15. The summed E-state index contributed by atoms with van der Waals surface area (Å²) in [5.74, 6) is 0.221. The van der Waals surface area contributed by atoms with Crippen molar-refractivity contribution in [3.63, 3.8) is 0 Å². The quantitative estimate of drug-likeness (QED) is 0.282. The van der Waals surface area contributed by atoms with Crippen molar-refractivity contribution in [3.05, 3.63) is 107 Å². The van der Waals surface area contributed by atoms with Crippen molar-refractivity contribution in [2.24, 2.45) is 0 Å². The zero-order valence-electron chi connectivity index (χ0n) is 17.5. The summed E-state index contributed by atoms with van der Waals surface area (Å²) < 4.78 is 7.60. The van der Waals surface area contributed by atoms with E-state index in [-0.39, 0.29) is 11.3 Å². The van der Waals surface area contributed by atoms with E-state index >= 15 is 0 Å². The number of benzene rings is 3. The first-order valence-electron chi connectivity index (χ1n) is 10.2. The minimum Gasteiger partial charge on any atom is -0.492 e. The molecule has 0 unspecified atom stereocenters. The van der Waals surface area contributed by atoms with Gasteiger partial charge >= 0.3 is 0 Å². The normalized spacial score (nSPS) is 10.4. The Kier molecular flexibility index (Phi) is 6.60. The number of nitro benzene ring substituents is 1. The molecule has 0 fully saturated rings. The topological polar surface area (TPSA) is 111 Å². The van der Waals surface area contributed by atoms with E-state index in [9.17, 15) is 14.9 Å². The summed E-state index contributed by atoms with van der Waals surface area (Å²) in [6.07, 6.45) is 5.28. The van der Waals surface area contributed by atoms with Gasteiger partial charge in [0.25, 0.3) is 11.6 Å². The summed E-state index contributed by atoms with van der Waals surface area (Å²) in [6, 6.07) is 20.4. The van der Waals surface area contributed by atoms with Crippen LogP contribution in [0.3, 0.4) is 0 Å². The number of imidazole rings is 1. The maximum atomic E-state index is 12.7. The second-order valence-corrected chi connectivity index (χ2v) is 7.11. The van der Waals surface area contributed by atoms with Gasteiger partial charge in [-0.3, -0.25) is 14.9 Å². The van der Waals surface area contributed by atoms with Gasteiger partial charge in [-0.05, 0) is 48.5 Å². The molecule has 0 saturated heterocycles. The minimum atomic E-state index is -0.516. The van der Waals surface area contributed by atoms with E-state index in [1.54, 1.807) is 55.0 Å². The van der Waals surface area contributed by atoms with Gasteiger partial charge in [0.2, 0.25) is 0 Å². The Bertz CT molecular complexity index is 1230. The molecule has 33 heavy (non-hydrogen) atoms. The highest BCUT2D eigenvalue weighted by Crippen LogP contribution is 2.29. The largest absolute Gasteiger partial charge is 0.492 e. The molecule has 4 aromatic rings. The number of aromatic nitrogens is 2. The van der Waals surface area contributed by atoms with Crippen molar-refractivity contribution in [2.45, 2.75) is 6.54 Å². The van der Waals surface area contributed by atoms with Crippen molar-refractivity contribution in [2.75, 3.05) is 17.2 Å². The van der Waals surface area contributed by atoms with Gasteiger partial charge < -0.3 is 19.9 Å². The maximum Gasteiger partial charge on any atom is 0.293 e. The first kappa shape index (κ1) is 21.6. The lowest BCUT2D eigenvalue weighted by atomic mass is 10.1. The van der Waals surface area contributed by atoms with Gasteiger partial charge in [-0.2, -0.15) is 0 Å².